The standard InChI is InChI=1S/C10H8N4O2/c15-9(16)5-7-1-3-8(4-2-7)10-13-11-6-12-14-10/h1-4,6H,5H2,(H,15,16). The summed E-state index contributed by atoms with van der Waals surface area (Å²) in [6.07, 6.45) is 1.26. The van der Waals surface area contributed by atoms with E-state index in [4.69, 9.17) is 5.11 Å². The molecule has 0 bridgehead atoms. The van der Waals surface area contributed by atoms with Gasteiger partial charge in [0.15, 0.2) is 6.33 Å². The predicted octanol–water partition coefficient (Wildman–Crippen LogP) is 0.561. The van der Waals surface area contributed by atoms with Gasteiger partial charge >= 0.3 is 5.97 Å². The SMILES string of the molecule is O=C(O)Cc1ccc(-c2nncnn2)cc1. The zero-order valence-corrected chi connectivity index (χ0v) is 8.24. The highest BCUT2D eigenvalue weighted by molar-refractivity contribution is 5.70. The molecule has 0 amide bonds. The third-order valence-electron chi connectivity index (χ3n) is 1.98. The Morgan fingerprint density at radius 1 is 1.12 bits per heavy atom. The number of aliphatic carboxylic acids is 1. The lowest BCUT2D eigenvalue weighted by molar-refractivity contribution is -0.136. The van der Waals surface area contributed by atoms with Crippen molar-refractivity contribution < 1.29 is 9.90 Å². The van der Waals surface area contributed by atoms with Crippen LogP contribution in [0.15, 0.2) is 30.6 Å². The maximum atomic E-state index is 10.5. The number of carboxylic acid groups (broad SMARTS) is 1. The van der Waals surface area contributed by atoms with Crippen LogP contribution in [0.4, 0.5) is 0 Å². The number of carboxylic acids is 1. The Hall–Kier alpha value is -2.37. The van der Waals surface area contributed by atoms with Crippen molar-refractivity contribution in [1.82, 2.24) is 20.4 Å². The summed E-state index contributed by atoms with van der Waals surface area (Å²) in [5, 5.41) is 23.4. The van der Waals surface area contributed by atoms with Gasteiger partial charge in [-0.05, 0) is 5.56 Å². The van der Waals surface area contributed by atoms with Gasteiger partial charge in [0.05, 0.1) is 6.42 Å². The van der Waals surface area contributed by atoms with Crippen molar-refractivity contribution in [2.45, 2.75) is 6.42 Å². The van der Waals surface area contributed by atoms with Crippen LogP contribution in [0.5, 0.6) is 0 Å². The highest BCUT2D eigenvalue weighted by Gasteiger charge is 2.03. The molecule has 0 aliphatic rings. The topological polar surface area (TPSA) is 88.9 Å². The normalized spacial score (nSPS) is 10.0. The van der Waals surface area contributed by atoms with Crippen molar-refractivity contribution in [2.24, 2.45) is 0 Å². The van der Waals surface area contributed by atoms with Crippen molar-refractivity contribution in [1.29, 1.82) is 0 Å². The van der Waals surface area contributed by atoms with Crippen LogP contribution < -0.4 is 0 Å². The number of hydrogen-bond acceptors (Lipinski definition) is 5. The second kappa shape index (κ2) is 4.43. The summed E-state index contributed by atoms with van der Waals surface area (Å²) < 4.78 is 0. The Morgan fingerprint density at radius 2 is 1.75 bits per heavy atom. The van der Waals surface area contributed by atoms with Gasteiger partial charge in [0.1, 0.15) is 0 Å². The van der Waals surface area contributed by atoms with Gasteiger partial charge in [-0.1, -0.05) is 24.3 Å². The fourth-order valence-corrected chi connectivity index (χ4v) is 1.27. The molecule has 0 spiro atoms. The van der Waals surface area contributed by atoms with Crippen LogP contribution in [-0.2, 0) is 11.2 Å². The number of nitrogens with zero attached hydrogens (tertiary/aromatic N) is 4. The van der Waals surface area contributed by atoms with Crippen molar-refractivity contribution in [2.75, 3.05) is 0 Å². The van der Waals surface area contributed by atoms with Crippen molar-refractivity contribution in [3.05, 3.63) is 36.2 Å². The number of rotatable bonds is 3. The Balaban J connectivity index is 2.23. The Kier molecular flexibility index (Phi) is 2.81. The first-order chi connectivity index (χ1) is 7.75. The van der Waals surface area contributed by atoms with Crippen LogP contribution in [0, 0.1) is 0 Å². The van der Waals surface area contributed by atoms with Crippen LogP contribution in [0.3, 0.4) is 0 Å². The minimum absolute atomic E-state index is 0.00638. The second-order valence-corrected chi connectivity index (χ2v) is 3.14. The molecular weight excluding hydrogens is 208 g/mol. The van der Waals surface area contributed by atoms with Gasteiger partial charge in [-0.3, -0.25) is 4.79 Å². The van der Waals surface area contributed by atoms with Crippen LogP contribution in [0.2, 0.25) is 0 Å². The summed E-state index contributed by atoms with van der Waals surface area (Å²) >= 11 is 0. The lowest BCUT2D eigenvalue weighted by Crippen LogP contribution is -2.00. The van der Waals surface area contributed by atoms with Gasteiger partial charge in [-0.15, -0.1) is 20.4 Å². The van der Waals surface area contributed by atoms with Gasteiger partial charge in [0.2, 0.25) is 5.82 Å². The molecule has 1 heterocycles. The summed E-state index contributed by atoms with van der Waals surface area (Å²) in [5.41, 5.74) is 1.49. The quantitative estimate of drug-likeness (QED) is 0.806. The molecule has 0 aliphatic heterocycles. The molecule has 80 valence electrons. The Labute approximate surface area is 91.0 Å². The largest absolute Gasteiger partial charge is 0.481 e. The molecular formula is C10H8N4O2. The summed E-state index contributed by atoms with van der Waals surface area (Å²) in [5.74, 6) is -0.434. The zero-order chi connectivity index (χ0) is 11.4. The second-order valence-electron chi connectivity index (χ2n) is 3.14. The lowest BCUT2D eigenvalue weighted by Gasteiger charge is -1.99. The molecule has 2 aromatic rings. The van der Waals surface area contributed by atoms with E-state index in [2.05, 4.69) is 20.4 Å². The molecule has 0 saturated carbocycles. The van der Waals surface area contributed by atoms with Gasteiger partial charge in [0.25, 0.3) is 0 Å². The maximum absolute atomic E-state index is 10.5. The maximum Gasteiger partial charge on any atom is 0.307 e. The predicted molar refractivity (Wildman–Crippen MR) is 54.4 cm³/mol. The van der Waals surface area contributed by atoms with Crippen LogP contribution in [0.25, 0.3) is 11.4 Å². The molecule has 1 N–H and O–H groups in total. The minimum atomic E-state index is -0.855. The molecule has 16 heavy (non-hydrogen) atoms. The molecule has 6 heteroatoms. The molecule has 1 aromatic carbocycles. The van der Waals surface area contributed by atoms with E-state index in [0.717, 1.165) is 11.1 Å². The van der Waals surface area contributed by atoms with Crippen LogP contribution >= 0.6 is 0 Å². The van der Waals surface area contributed by atoms with E-state index in [1.54, 1.807) is 24.3 Å². The van der Waals surface area contributed by atoms with E-state index < -0.39 is 5.97 Å². The number of aromatic nitrogens is 4. The first-order valence-corrected chi connectivity index (χ1v) is 4.57. The lowest BCUT2D eigenvalue weighted by atomic mass is 10.1. The average Bonchev–Trinajstić information content (AvgIpc) is 2.30. The van der Waals surface area contributed by atoms with Crippen molar-refractivity contribution in [3.8, 4) is 11.4 Å². The third-order valence-corrected chi connectivity index (χ3v) is 1.98. The summed E-state index contributed by atoms with van der Waals surface area (Å²) in [7, 11) is 0. The molecule has 0 aliphatic carbocycles. The smallest absolute Gasteiger partial charge is 0.307 e. The molecule has 0 atom stereocenters. The highest BCUT2D eigenvalue weighted by atomic mass is 16.4. The monoisotopic (exact) mass is 216 g/mol. The minimum Gasteiger partial charge on any atom is -0.481 e. The van der Waals surface area contributed by atoms with Gasteiger partial charge in [-0.25, -0.2) is 0 Å². The first kappa shape index (κ1) is 10.2. The number of carbonyl (C=O) groups is 1. The molecule has 1 aromatic heterocycles. The summed E-state index contributed by atoms with van der Waals surface area (Å²) in [6.45, 7) is 0. The van der Waals surface area contributed by atoms with Crippen LogP contribution in [0.1, 0.15) is 5.56 Å². The van der Waals surface area contributed by atoms with E-state index in [1.807, 2.05) is 0 Å². The molecule has 2 rings (SSSR count). The highest BCUT2D eigenvalue weighted by Crippen LogP contribution is 2.13. The van der Waals surface area contributed by atoms with Gasteiger partial charge in [-0.2, -0.15) is 0 Å². The number of hydrogen-bond donors (Lipinski definition) is 1. The average molecular weight is 216 g/mol. The van der Waals surface area contributed by atoms with E-state index in [-0.39, 0.29) is 6.42 Å². The molecule has 0 saturated heterocycles. The molecule has 0 unspecified atom stereocenters. The molecule has 6 nitrogen and oxygen atoms in total. The van der Waals surface area contributed by atoms with E-state index >= 15 is 0 Å². The third kappa shape index (κ3) is 2.35. The Bertz CT molecular complexity index is 484. The fourth-order valence-electron chi connectivity index (χ4n) is 1.27. The van der Waals surface area contributed by atoms with Crippen molar-refractivity contribution in [3.63, 3.8) is 0 Å². The fraction of sp³-hybridized carbons (Fsp3) is 0.100. The summed E-state index contributed by atoms with van der Waals surface area (Å²) in [4.78, 5) is 10.5. The van der Waals surface area contributed by atoms with E-state index in [0.29, 0.717) is 5.82 Å². The number of benzene rings is 1. The molecule has 0 fully saturated rings. The van der Waals surface area contributed by atoms with E-state index in [9.17, 15) is 4.79 Å². The Morgan fingerprint density at radius 3 is 2.31 bits per heavy atom. The van der Waals surface area contributed by atoms with E-state index in [1.165, 1.54) is 6.33 Å². The van der Waals surface area contributed by atoms with Crippen LogP contribution in [-0.4, -0.2) is 31.5 Å². The zero-order valence-electron chi connectivity index (χ0n) is 8.24. The summed E-state index contributed by atoms with van der Waals surface area (Å²) in [6, 6.07) is 6.94. The van der Waals surface area contributed by atoms with Gasteiger partial charge < -0.3 is 5.11 Å². The van der Waals surface area contributed by atoms with Crippen molar-refractivity contribution >= 4 is 5.97 Å². The first-order valence-electron chi connectivity index (χ1n) is 4.57. The van der Waals surface area contributed by atoms with Gasteiger partial charge in [0, 0.05) is 5.56 Å². The molecule has 0 radical (unpaired) electrons.